The number of nitrogens with one attached hydrogen (secondary N) is 2. The number of ether oxygens (including phenoxy) is 1. The third kappa shape index (κ3) is 4.22. The van der Waals surface area contributed by atoms with Crippen molar-refractivity contribution in [2.24, 2.45) is 5.92 Å². The van der Waals surface area contributed by atoms with Gasteiger partial charge in [-0.15, -0.1) is 0 Å². The molecule has 2 atom stereocenters. The molecular weight excluding hydrogens is 236 g/mol. The van der Waals surface area contributed by atoms with Gasteiger partial charge in [-0.3, -0.25) is 0 Å². The Labute approximate surface area is 116 Å². The van der Waals surface area contributed by atoms with Crippen molar-refractivity contribution in [3.63, 3.8) is 0 Å². The van der Waals surface area contributed by atoms with E-state index in [-0.39, 0.29) is 0 Å². The summed E-state index contributed by atoms with van der Waals surface area (Å²) in [6.07, 6.45) is 0. The maximum atomic E-state index is 5.70. The third-order valence-electron chi connectivity index (χ3n) is 3.51. The van der Waals surface area contributed by atoms with Gasteiger partial charge < -0.3 is 15.4 Å². The van der Waals surface area contributed by atoms with Crippen LogP contribution in [-0.2, 0) is 0 Å². The van der Waals surface area contributed by atoms with E-state index in [9.17, 15) is 0 Å². The molecule has 0 fully saturated rings. The first-order valence-electron chi connectivity index (χ1n) is 7.32. The Kier molecular flexibility index (Phi) is 5.23. The predicted octanol–water partition coefficient (Wildman–Crippen LogP) is 2.39. The largest absolute Gasteiger partial charge is 0.493 e. The van der Waals surface area contributed by atoms with E-state index in [0.29, 0.717) is 17.9 Å². The van der Waals surface area contributed by atoms with Crippen molar-refractivity contribution < 1.29 is 4.74 Å². The average Bonchev–Trinajstić information content (AvgIpc) is 2.79. The van der Waals surface area contributed by atoms with Crippen LogP contribution in [0.3, 0.4) is 0 Å². The lowest BCUT2D eigenvalue weighted by atomic mass is 10.0. The molecule has 1 aromatic rings. The monoisotopic (exact) mass is 262 g/mol. The minimum absolute atomic E-state index is 0.490. The molecule has 0 amide bonds. The summed E-state index contributed by atoms with van der Waals surface area (Å²) < 4.78 is 5.70. The molecule has 0 aliphatic carbocycles. The highest BCUT2D eigenvalue weighted by atomic mass is 16.5. The molecule has 2 N–H and O–H groups in total. The molecule has 0 radical (unpaired) electrons. The fourth-order valence-electron chi connectivity index (χ4n) is 2.40. The van der Waals surface area contributed by atoms with Gasteiger partial charge in [-0.1, -0.05) is 32.0 Å². The second kappa shape index (κ2) is 6.92. The van der Waals surface area contributed by atoms with Crippen LogP contribution in [0.4, 0.5) is 0 Å². The summed E-state index contributed by atoms with van der Waals surface area (Å²) in [6.45, 7) is 10.6. The minimum atomic E-state index is 0.490. The minimum Gasteiger partial charge on any atom is -0.493 e. The van der Waals surface area contributed by atoms with Gasteiger partial charge in [0, 0.05) is 30.6 Å². The van der Waals surface area contributed by atoms with Crippen molar-refractivity contribution >= 4 is 0 Å². The van der Waals surface area contributed by atoms with Crippen LogP contribution in [-0.4, -0.2) is 32.3 Å². The maximum absolute atomic E-state index is 5.70. The van der Waals surface area contributed by atoms with Crippen molar-refractivity contribution in [2.75, 3.05) is 26.2 Å². The summed E-state index contributed by atoms with van der Waals surface area (Å²) in [5, 5.41) is 7.08. The van der Waals surface area contributed by atoms with Crippen molar-refractivity contribution in [1.29, 1.82) is 0 Å². The van der Waals surface area contributed by atoms with Crippen molar-refractivity contribution in [3.8, 4) is 5.75 Å². The van der Waals surface area contributed by atoms with Gasteiger partial charge in [0.1, 0.15) is 5.75 Å². The zero-order valence-electron chi connectivity index (χ0n) is 12.3. The predicted molar refractivity (Wildman–Crippen MR) is 79.9 cm³/mol. The van der Waals surface area contributed by atoms with Crippen LogP contribution in [0.15, 0.2) is 24.3 Å². The quantitative estimate of drug-likeness (QED) is 0.791. The summed E-state index contributed by atoms with van der Waals surface area (Å²) in [5.74, 6) is 2.26. The fourth-order valence-corrected chi connectivity index (χ4v) is 2.40. The molecule has 0 bridgehead atoms. The summed E-state index contributed by atoms with van der Waals surface area (Å²) in [5.41, 5.74) is 1.34. The van der Waals surface area contributed by atoms with Crippen LogP contribution in [0.5, 0.6) is 5.75 Å². The summed E-state index contributed by atoms with van der Waals surface area (Å²) in [6, 6.07) is 8.85. The first-order valence-corrected chi connectivity index (χ1v) is 7.32. The summed E-state index contributed by atoms with van der Waals surface area (Å²) in [7, 11) is 0. The number of para-hydroxylation sites is 1. The van der Waals surface area contributed by atoms with E-state index in [1.165, 1.54) is 5.56 Å². The van der Waals surface area contributed by atoms with Crippen molar-refractivity contribution in [2.45, 2.75) is 32.7 Å². The first kappa shape index (κ1) is 14.4. The van der Waals surface area contributed by atoms with E-state index in [2.05, 4.69) is 49.6 Å². The van der Waals surface area contributed by atoms with Gasteiger partial charge >= 0.3 is 0 Å². The third-order valence-corrected chi connectivity index (χ3v) is 3.51. The van der Waals surface area contributed by atoms with Crippen molar-refractivity contribution in [1.82, 2.24) is 10.6 Å². The topological polar surface area (TPSA) is 33.3 Å². The number of hydrogen-bond acceptors (Lipinski definition) is 3. The molecule has 1 aliphatic rings. The Morgan fingerprint density at radius 3 is 2.79 bits per heavy atom. The lowest BCUT2D eigenvalue weighted by Crippen LogP contribution is -2.39. The smallest absolute Gasteiger partial charge is 0.122 e. The molecule has 1 aliphatic heterocycles. The molecule has 2 rings (SSSR count). The van der Waals surface area contributed by atoms with Gasteiger partial charge in [-0.05, 0) is 25.5 Å². The molecule has 0 aromatic heterocycles. The first-order chi connectivity index (χ1) is 9.16. The standard InChI is InChI=1S/C16H26N2O/c1-12(2)8-17-9-13(3)18-10-14-11-19-16-7-5-4-6-15(14)16/h4-7,12-14,17-18H,8-11H2,1-3H3. The van der Waals surface area contributed by atoms with Gasteiger partial charge in [-0.2, -0.15) is 0 Å². The van der Waals surface area contributed by atoms with E-state index in [4.69, 9.17) is 4.74 Å². The molecular formula is C16H26N2O. The zero-order valence-corrected chi connectivity index (χ0v) is 12.3. The summed E-state index contributed by atoms with van der Waals surface area (Å²) >= 11 is 0. The Morgan fingerprint density at radius 2 is 2.00 bits per heavy atom. The Bertz CT molecular complexity index is 392. The maximum Gasteiger partial charge on any atom is 0.122 e. The van der Waals surface area contributed by atoms with E-state index in [1.54, 1.807) is 0 Å². The molecule has 1 heterocycles. The highest BCUT2D eigenvalue weighted by Crippen LogP contribution is 2.32. The lowest BCUT2D eigenvalue weighted by Gasteiger charge is -2.18. The summed E-state index contributed by atoms with van der Waals surface area (Å²) in [4.78, 5) is 0. The number of fused-ring (bicyclic) bond motifs is 1. The molecule has 106 valence electrons. The van der Waals surface area contributed by atoms with Crippen LogP contribution in [0.2, 0.25) is 0 Å². The second-order valence-electron chi connectivity index (χ2n) is 5.91. The Morgan fingerprint density at radius 1 is 1.21 bits per heavy atom. The lowest BCUT2D eigenvalue weighted by molar-refractivity contribution is 0.322. The number of rotatable bonds is 7. The Hall–Kier alpha value is -1.06. The van der Waals surface area contributed by atoms with Crippen LogP contribution in [0, 0.1) is 5.92 Å². The zero-order chi connectivity index (χ0) is 13.7. The van der Waals surface area contributed by atoms with Crippen LogP contribution >= 0.6 is 0 Å². The molecule has 0 saturated heterocycles. The molecule has 1 aromatic carbocycles. The van der Waals surface area contributed by atoms with Gasteiger partial charge in [0.15, 0.2) is 0 Å². The highest BCUT2D eigenvalue weighted by Gasteiger charge is 2.23. The SMILES string of the molecule is CC(C)CNCC(C)NCC1COc2ccccc21. The van der Waals surface area contributed by atoms with E-state index in [1.807, 2.05) is 6.07 Å². The molecule has 3 heteroatoms. The average molecular weight is 262 g/mol. The molecule has 2 unspecified atom stereocenters. The fraction of sp³-hybridized carbons (Fsp3) is 0.625. The van der Waals surface area contributed by atoms with Crippen LogP contribution in [0.25, 0.3) is 0 Å². The van der Waals surface area contributed by atoms with Gasteiger partial charge in [0.05, 0.1) is 6.61 Å². The molecule has 0 spiro atoms. The van der Waals surface area contributed by atoms with E-state index in [0.717, 1.165) is 32.0 Å². The van der Waals surface area contributed by atoms with Gasteiger partial charge in [0.2, 0.25) is 0 Å². The van der Waals surface area contributed by atoms with Crippen LogP contribution in [0.1, 0.15) is 32.3 Å². The van der Waals surface area contributed by atoms with Crippen molar-refractivity contribution in [3.05, 3.63) is 29.8 Å². The van der Waals surface area contributed by atoms with E-state index < -0.39 is 0 Å². The second-order valence-corrected chi connectivity index (χ2v) is 5.91. The normalized spacial score (nSPS) is 19.3. The van der Waals surface area contributed by atoms with Gasteiger partial charge in [-0.25, -0.2) is 0 Å². The highest BCUT2D eigenvalue weighted by molar-refractivity contribution is 5.39. The Balaban J connectivity index is 1.72. The van der Waals surface area contributed by atoms with Gasteiger partial charge in [0.25, 0.3) is 0 Å². The van der Waals surface area contributed by atoms with E-state index >= 15 is 0 Å². The molecule has 0 saturated carbocycles. The van der Waals surface area contributed by atoms with Crippen LogP contribution < -0.4 is 15.4 Å². The number of benzene rings is 1. The molecule has 19 heavy (non-hydrogen) atoms. The molecule has 3 nitrogen and oxygen atoms in total. The number of hydrogen-bond donors (Lipinski definition) is 2.